The van der Waals surface area contributed by atoms with Crippen molar-refractivity contribution in [1.82, 2.24) is 5.32 Å². The summed E-state index contributed by atoms with van der Waals surface area (Å²) in [6, 6.07) is 16.7. The summed E-state index contributed by atoms with van der Waals surface area (Å²) in [6.07, 6.45) is 0. The molecule has 1 atom stereocenters. The van der Waals surface area contributed by atoms with Gasteiger partial charge >= 0.3 is 5.63 Å². The van der Waals surface area contributed by atoms with Gasteiger partial charge in [-0.1, -0.05) is 30.3 Å². The number of hydrogen-bond acceptors (Lipinski definition) is 4. The predicted molar refractivity (Wildman–Crippen MR) is 108 cm³/mol. The largest absolute Gasteiger partial charge is 0.422 e. The van der Waals surface area contributed by atoms with Crippen LogP contribution in [0.1, 0.15) is 42.7 Å². The van der Waals surface area contributed by atoms with Crippen molar-refractivity contribution in [3.63, 3.8) is 0 Å². The molecule has 0 saturated carbocycles. The van der Waals surface area contributed by atoms with Crippen LogP contribution in [-0.4, -0.2) is 19.0 Å². The second-order valence-electron chi connectivity index (χ2n) is 6.45. The van der Waals surface area contributed by atoms with Crippen LogP contribution in [0.5, 0.6) is 0 Å². The molecular weight excluding hydrogens is 340 g/mol. The smallest absolute Gasteiger partial charge is 0.349 e. The molecule has 1 amide bonds. The van der Waals surface area contributed by atoms with Gasteiger partial charge in [0.25, 0.3) is 5.91 Å². The molecular formula is C22H24N2O3. The maximum atomic E-state index is 12.6. The number of hydrogen-bond donors (Lipinski definition) is 1. The van der Waals surface area contributed by atoms with Crippen LogP contribution in [0.25, 0.3) is 11.0 Å². The van der Waals surface area contributed by atoms with Crippen molar-refractivity contribution in [3.8, 4) is 0 Å². The Hall–Kier alpha value is -3.08. The highest BCUT2D eigenvalue weighted by Gasteiger charge is 2.17. The number of rotatable bonds is 6. The van der Waals surface area contributed by atoms with Gasteiger partial charge in [0.2, 0.25) is 0 Å². The van der Waals surface area contributed by atoms with E-state index >= 15 is 0 Å². The standard InChI is InChI=1S/C22H24N2O3/c1-4-24(5-2)18-12-11-17-13-19(22(26)27-20(17)14-18)21(25)23-15(3)16-9-7-6-8-10-16/h6-15H,4-5H2,1-3H3,(H,23,25)/t15-/m0/s1. The molecule has 0 saturated heterocycles. The van der Waals surface area contributed by atoms with Crippen molar-refractivity contribution in [2.45, 2.75) is 26.8 Å². The van der Waals surface area contributed by atoms with E-state index in [1.807, 2.05) is 55.5 Å². The first-order valence-electron chi connectivity index (χ1n) is 9.22. The van der Waals surface area contributed by atoms with Gasteiger partial charge in [-0.3, -0.25) is 4.79 Å². The maximum Gasteiger partial charge on any atom is 0.349 e. The number of nitrogens with one attached hydrogen (secondary N) is 1. The van der Waals surface area contributed by atoms with Gasteiger partial charge in [0.1, 0.15) is 11.1 Å². The van der Waals surface area contributed by atoms with Crippen LogP contribution in [-0.2, 0) is 0 Å². The minimum atomic E-state index is -0.628. The van der Waals surface area contributed by atoms with E-state index in [2.05, 4.69) is 24.1 Å². The average Bonchev–Trinajstić information content (AvgIpc) is 2.68. The minimum Gasteiger partial charge on any atom is -0.422 e. The number of amides is 1. The van der Waals surface area contributed by atoms with Crippen molar-refractivity contribution >= 4 is 22.6 Å². The van der Waals surface area contributed by atoms with Gasteiger partial charge in [-0.05, 0) is 44.5 Å². The molecule has 5 nitrogen and oxygen atoms in total. The van der Waals surface area contributed by atoms with E-state index in [1.165, 1.54) is 0 Å². The van der Waals surface area contributed by atoms with Gasteiger partial charge < -0.3 is 14.6 Å². The summed E-state index contributed by atoms with van der Waals surface area (Å²) in [5.74, 6) is -0.435. The van der Waals surface area contributed by atoms with Crippen LogP contribution < -0.4 is 15.8 Å². The minimum absolute atomic E-state index is 0.0147. The highest BCUT2D eigenvalue weighted by molar-refractivity contribution is 5.97. The lowest BCUT2D eigenvalue weighted by Gasteiger charge is -2.21. The van der Waals surface area contributed by atoms with Crippen LogP contribution in [0, 0.1) is 0 Å². The Balaban J connectivity index is 1.88. The van der Waals surface area contributed by atoms with Crippen molar-refractivity contribution < 1.29 is 9.21 Å². The van der Waals surface area contributed by atoms with Crippen LogP contribution in [0.15, 0.2) is 63.8 Å². The van der Waals surface area contributed by atoms with E-state index in [0.717, 1.165) is 29.7 Å². The lowest BCUT2D eigenvalue weighted by atomic mass is 10.1. The zero-order valence-electron chi connectivity index (χ0n) is 15.9. The summed E-state index contributed by atoms with van der Waals surface area (Å²) < 4.78 is 5.44. The summed E-state index contributed by atoms with van der Waals surface area (Å²) in [5, 5.41) is 3.58. The van der Waals surface area contributed by atoms with Crippen molar-refractivity contribution in [2.75, 3.05) is 18.0 Å². The normalized spacial score (nSPS) is 12.0. The third-order valence-corrected chi connectivity index (χ3v) is 4.74. The Morgan fingerprint density at radius 3 is 2.44 bits per heavy atom. The Kier molecular flexibility index (Phi) is 5.60. The van der Waals surface area contributed by atoms with E-state index in [9.17, 15) is 9.59 Å². The lowest BCUT2D eigenvalue weighted by Crippen LogP contribution is -2.30. The molecule has 2 aromatic carbocycles. The fourth-order valence-corrected chi connectivity index (χ4v) is 3.14. The number of carbonyl (C=O) groups excluding carboxylic acids is 1. The van der Waals surface area contributed by atoms with E-state index < -0.39 is 11.5 Å². The Bertz CT molecular complexity index is 991. The first kappa shape index (κ1) is 18.7. The molecule has 0 fully saturated rings. The Labute approximate surface area is 158 Å². The van der Waals surface area contributed by atoms with Crippen LogP contribution in [0.4, 0.5) is 5.69 Å². The summed E-state index contributed by atoms with van der Waals surface area (Å²) in [6.45, 7) is 7.76. The van der Waals surface area contributed by atoms with Gasteiger partial charge in [-0.25, -0.2) is 4.79 Å². The quantitative estimate of drug-likeness (QED) is 0.668. The molecule has 27 heavy (non-hydrogen) atoms. The summed E-state index contributed by atoms with van der Waals surface area (Å²) >= 11 is 0. The lowest BCUT2D eigenvalue weighted by molar-refractivity contribution is 0.0936. The molecule has 0 spiro atoms. The molecule has 0 radical (unpaired) electrons. The molecule has 1 aromatic heterocycles. The van der Waals surface area contributed by atoms with E-state index in [1.54, 1.807) is 6.07 Å². The fourth-order valence-electron chi connectivity index (χ4n) is 3.14. The second-order valence-corrected chi connectivity index (χ2v) is 6.45. The Morgan fingerprint density at radius 1 is 1.07 bits per heavy atom. The molecule has 0 bridgehead atoms. The summed E-state index contributed by atoms with van der Waals surface area (Å²) in [4.78, 5) is 27.1. The van der Waals surface area contributed by atoms with E-state index in [4.69, 9.17) is 4.42 Å². The van der Waals surface area contributed by atoms with Crippen LogP contribution in [0.2, 0.25) is 0 Å². The third-order valence-electron chi connectivity index (χ3n) is 4.74. The molecule has 3 rings (SSSR count). The second kappa shape index (κ2) is 8.08. The third kappa shape index (κ3) is 4.03. The molecule has 1 heterocycles. The molecule has 3 aromatic rings. The highest BCUT2D eigenvalue weighted by Crippen LogP contribution is 2.22. The van der Waals surface area contributed by atoms with E-state index in [-0.39, 0.29) is 11.6 Å². The number of nitrogens with zero attached hydrogens (tertiary/aromatic N) is 1. The maximum absolute atomic E-state index is 12.6. The SMILES string of the molecule is CCN(CC)c1ccc2cc(C(=O)N[C@@H](C)c3ccccc3)c(=O)oc2c1. The molecule has 0 aliphatic carbocycles. The number of carbonyl (C=O) groups is 1. The van der Waals surface area contributed by atoms with Crippen molar-refractivity contribution in [3.05, 3.63) is 76.1 Å². The number of anilines is 1. The summed E-state index contributed by atoms with van der Waals surface area (Å²) in [7, 11) is 0. The highest BCUT2D eigenvalue weighted by atomic mass is 16.4. The number of benzene rings is 2. The predicted octanol–water partition coefficient (Wildman–Crippen LogP) is 4.13. The first-order valence-corrected chi connectivity index (χ1v) is 9.22. The van der Waals surface area contributed by atoms with Crippen molar-refractivity contribution in [2.24, 2.45) is 0 Å². The molecule has 5 heteroatoms. The van der Waals surface area contributed by atoms with Crippen LogP contribution in [0.3, 0.4) is 0 Å². The van der Waals surface area contributed by atoms with Gasteiger partial charge in [-0.2, -0.15) is 0 Å². The molecule has 140 valence electrons. The molecule has 0 aliphatic heterocycles. The molecule has 1 N–H and O–H groups in total. The van der Waals surface area contributed by atoms with Gasteiger partial charge in [0.05, 0.1) is 6.04 Å². The molecule has 0 unspecified atom stereocenters. The topological polar surface area (TPSA) is 62.6 Å². The zero-order chi connectivity index (χ0) is 19.4. The zero-order valence-corrected chi connectivity index (χ0v) is 15.9. The molecule has 0 aliphatic rings. The number of fused-ring (bicyclic) bond motifs is 1. The van der Waals surface area contributed by atoms with Gasteiger partial charge in [-0.15, -0.1) is 0 Å². The monoisotopic (exact) mass is 364 g/mol. The average molecular weight is 364 g/mol. The van der Waals surface area contributed by atoms with Gasteiger partial charge in [0.15, 0.2) is 0 Å². The van der Waals surface area contributed by atoms with Crippen molar-refractivity contribution in [1.29, 1.82) is 0 Å². The van der Waals surface area contributed by atoms with E-state index in [0.29, 0.717) is 5.58 Å². The Morgan fingerprint density at radius 2 is 1.78 bits per heavy atom. The summed E-state index contributed by atoms with van der Waals surface area (Å²) in [5.41, 5.74) is 1.83. The fraction of sp³-hybridized carbons (Fsp3) is 0.273. The van der Waals surface area contributed by atoms with Gasteiger partial charge in [0, 0.05) is 30.2 Å². The van der Waals surface area contributed by atoms with Crippen LogP contribution >= 0.6 is 0 Å². The first-order chi connectivity index (χ1) is 13.0.